The smallest absolute Gasteiger partial charge is 0.194 e. The maximum absolute atomic E-state index is 13.4. The van der Waals surface area contributed by atoms with Crippen LogP contribution < -0.4 is 5.32 Å². The first-order chi connectivity index (χ1) is 9.83. The van der Waals surface area contributed by atoms with E-state index in [2.05, 4.69) is 47.0 Å². The van der Waals surface area contributed by atoms with E-state index >= 15 is 0 Å². The standard InChI is InChI=1S/C16H20BrFN2O/c1-16(2,3)20-6-4-5-15-19-10-14(21-15)11-7-12(17)9-13(18)8-11/h7-10,20H,4-6H2,1-3H3. The van der Waals surface area contributed by atoms with Crippen molar-refractivity contribution in [1.82, 2.24) is 10.3 Å². The molecule has 0 saturated carbocycles. The summed E-state index contributed by atoms with van der Waals surface area (Å²) < 4.78 is 19.8. The Hall–Kier alpha value is -1.20. The Morgan fingerprint density at radius 3 is 2.71 bits per heavy atom. The zero-order chi connectivity index (χ0) is 15.5. The second-order valence-corrected chi connectivity index (χ2v) is 6.97. The first-order valence-corrected chi connectivity index (χ1v) is 7.79. The predicted octanol–water partition coefficient (Wildman–Crippen LogP) is 4.56. The van der Waals surface area contributed by atoms with Crippen molar-refractivity contribution in [2.45, 2.75) is 39.2 Å². The number of hydrogen-bond donors (Lipinski definition) is 1. The summed E-state index contributed by atoms with van der Waals surface area (Å²) in [4.78, 5) is 4.25. The molecule has 0 aliphatic carbocycles. The molecule has 2 aromatic rings. The van der Waals surface area contributed by atoms with Crippen LogP contribution in [0.4, 0.5) is 4.39 Å². The molecule has 0 fully saturated rings. The second kappa shape index (κ2) is 6.71. The van der Waals surface area contributed by atoms with Crippen molar-refractivity contribution in [2.75, 3.05) is 6.54 Å². The summed E-state index contributed by atoms with van der Waals surface area (Å²) in [7, 11) is 0. The molecule has 1 aromatic heterocycles. The molecule has 0 spiro atoms. The van der Waals surface area contributed by atoms with Gasteiger partial charge in [0.25, 0.3) is 0 Å². The van der Waals surface area contributed by atoms with Gasteiger partial charge in [0.2, 0.25) is 0 Å². The Labute approximate surface area is 133 Å². The highest BCUT2D eigenvalue weighted by Gasteiger charge is 2.10. The molecule has 21 heavy (non-hydrogen) atoms. The summed E-state index contributed by atoms with van der Waals surface area (Å²) >= 11 is 3.28. The summed E-state index contributed by atoms with van der Waals surface area (Å²) in [6.45, 7) is 7.32. The molecule has 1 N–H and O–H groups in total. The number of aryl methyl sites for hydroxylation is 1. The molecule has 0 amide bonds. The number of hydrogen-bond acceptors (Lipinski definition) is 3. The van der Waals surface area contributed by atoms with Gasteiger partial charge in [0.15, 0.2) is 11.7 Å². The van der Waals surface area contributed by atoms with Crippen LogP contribution in [-0.4, -0.2) is 17.1 Å². The summed E-state index contributed by atoms with van der Waals surface area (Å²) in [5.41, 5.74) is 0.809. The first kappa shape index (κ1) is 16.2. The van der Waals surface area contributed by atoms with Gasteiger partial charge in [0.1, 0.15) is 5.82 Å². The van der Waals surface area contributed by atoms with Crippen LogP contribution in [0.5, 0.6) is 0 Å². The van der Waals surface area contributed by atoms with Crippen LogP contribution in [0.3, 0.4) is 0 Å². The van der Waals surface area contributed by atoms with Gasteiger partial charge in [-0.15, -0.1) is 0 Å². The van der Waals surface area contributed by atoms with Gasteiger partial charge in [-0.1, -0.05) is 15.9 Å². The minimum atomic E-state index is -0.299. The summed E-state index contributed by atoms with van der Waals surface area (Å²) in [5.74, 6) is 0.974. The number of rotatable bonds is 5. The highest BCUT2D eigenvalue weighted by molar-refractivity contribution is 9.10. The van der Waals surface area contributed by atoms with Crippen molar-refractivity contribution in [3.05, 3.63) is 40.6 Å². The minimum Gasteiger partial charge on any atom is -0.441 e. The minimum absolute atomic E-state index is 0.121. The maximum Gasteiger partial charge on any atom is 0.194 e. The number of aromatic nitrogens is 1. The first-order valence-electron chi connectivity index (χ1n) is 7.00. The van der Waals surface area contributed by atoms with E-state index in [-0.39, 0.29) is 11.4 Å². The van der Waals surface area contributed by atoms with Crippen LogP contribution in [0.2, 0.25) is 0 Å². The van der Waals surface area contributed by atoms with Gasteiger partial charge in [-0.3, -0.25) is 0 Å². The SMILES string of the molecule is CC(C)(C)NCCCc1ncc(-c2cc(F)cc(Br)c2)o1. The van der Waals surface area contributed by atoms with Crippen molar-refractivity contribution in [3.63, 3.8) is 0 Å². The number of nitrogens with zero attached hydrogens (tertiary/aromatic N) is 1. The van der Waals surface area contributed by atoms with E-state index in [1.54, 1.807) is 6.20 Å². The van der Waals surface area contributed by atoms with Crippen LogP contribution in [0.1, 0.15) is 33.1 Å². The molecule has 0 aliphatic heterocycles. The molecule has 0 radical (unpaired) electrons. The van der Waals surface area contributed by atoms with Crippen LogP contribution >= 0.6 is 15.9 Å². The van der Waals surface area contributed by atoms with Gasteiger partial charge in [0, 0.05) is 22.0 Å². The number of halogens is 2. The summed E-state index contributed by atoms with van der Waals surface area (Å²) in [6, 6.07) is 4.67. The molecule has 0 bridgehead atoms. The Kier molecular flexibility index (Phi) is 5.17. The van der Waals surface area contributed by atoms with Gasteiger partial charge >= 0.3 is 0 Å². The van der Waals surface area contributed by atoms with Gasteiger partial charge in [-0.05, 0) is 51.9 Å². The topological polar surface area (TPSA) is 38.1 Å². The average Bonchev–Trinajstić information content (AvgIpc) is 2.81. The number of benzene rings is 1. The molecule has 0 atom stereocenters. The summed E-state index contributed by atoms with van der Waals surface area (Å²) in [6.07, 6.45) is 3.36. The quantitative estimate of drug-likeness (QED) is 0.799. The Balaban J connectivity index is 1.95. The Morgan fingerprint density at radius 1 is 1.29 bits per heavy atom. The third-order valence-corrected chi connectivity index (χ3v) is 3.38. The highest BCUT2D eigenvalue weighted by atomic mass is 79.9. The molecular weight excluding hydrogens is 335 g/mol. The zero-order valence-corrected chi connectivity index (χ0v) is 14.1. The third-order valence-electron chi connectivity index (χ3n) is 2.92. The third kappa shape index (κ3) is 5.25. The lowest BCUT2D eigenvalue weighted by atomic mass is 10.1. The van der Waals surface area contributed by atoms with Crippen LogP contribution in [0.25, 0.3) is 11.3 Å². The molecule has 114 valence electrons. The van der Waals surface area contributed by atoms with E-state index in [0.29, 0.717) is 21.7 Å². The Morgan fingerprint density at radius 2 is 2.05 bits per heavy atom. The second-order valence-electron chi connectivity index (χ2n) is 6.06. The highest BCUT2D eigenvalue weighted by Crippen LogP contribution is 2.25. The fourth-order valence-corrected chi connectivity index (χ4v) is 2.42. The number of oxazole rings is 1. The molecule has 1 heterocycles. The fraction of sp³-hybridized carbons (Fsp3) is 0.438. The van der Waals surface area contributed by atoms with Crippen molar-refractivity contribution in [2.24, 2.45) is 0 Å². The van der Waals surface area contributed by atoms with E-state index in [9.17, 15) is 4.39 Å². The molecule has 0 unspecified atom stereocenters. The predicted molar refractivity (Wildman–Crippen MR) is 85.7 cm³/mol. The van der Waals surface area contributed by atoms with Crippen molar-refractivity contribution >= 4 is 15.9 Å². The molecule has 5 heteroatoms. The molecule has 0 saturated heterocycles. The van der Waals surface area contributed by atoms with Gasteiger partial charge in [-0.25, -0.2) is 9.37 Å². The van der Waals surface area contributed by atoms with Crippen molar-refractivity contribution < 1.29 is 8.81 Å². The largest absolute Gasteiger partial charge is 0.441 e. The van der Waals surface area contributed by atoms with Gasteiger partial charge in [-0.2, -0.15) is 0 Å². The van der Waals surface area contributed by atoms with Crippen LogP contribution in [0, 0.1) is 5.82 Å². The van der Waals surface area contributed by atoms with Crippen molar-refractivity contribution in [3.8, 4) is 11.3 Å². The molecule has 3 nitrogen and oxygen atoms in total. The van der Waals surface area contributed by atoms with E-state index < -0.39 is 0 Å². The number of nitrogens with one attached hydrogen (secondary N) is 1. The summed E-state index contributed by atoms with van der Waals surface area (Å²) in [5, 5.41) is 3.42. The lowest BCUT2D eigenvalue weighted by Crippen LogP contribution is -2.36. The van der Waals surface area contributed by atoms with Gasteiger partial charge in [0.05, 0.1) is 6.20 Å². The van der Waals surface area contributed by atoms with Crippen molar-refractivity contribution in [1.29, 1.82) is 0 Å². The lowest BCUT2D eigenvalue weighted by molar-refractivity contribution is 0.412. The monoisotopic (exact) mass is 354 g/mol. The zero-order valence-electron chi connectivity index (χ0n) is 12.5. The van der Waals surface area contributed by atoms with E-state index in [4.69, 9.17) is 4.42 Å². The van der Waals surface area contributed by atoms with Crippen LogP contribution in [-0.2, 0) is 6.42 Å². The van der Waals surface area contributed by atoms with E-state index in [0.717, 1.165) is 19.4 Å². The van der Waals surface area contributed by atoms with Gasteiger partial charge < -0.3 is 9.73 Å². The molecular formula is C16H20BrFN2O. The average molecular weight is 355 g/mol. The lowest BCUT2D eigenvalue weighted by Gasteiger charge is -2.19. The molecule has 1 aromatic carbocycles. The normalized spacial score (nSPS) is 11.9. The maximum atomic E-state index is 13.4. The van der Waals surface area contributed by atoms with Crippen LogP contribution in [0.15, 0.2) is 33.3 Å². The molecule has 0 aliphatic rings. The van der Waals surface area contributed by atoms with E-state index in [1.807, 2.05) is 6.07 Å². The Bertz CT molecular complexity index is 584. The fourth-order valence-electron chi connectivity index (χ4n) is 1.96. The molecule has 2 rings (SSSR count). The van der Waals surface area contributed by atoms with E-state index in [1.165, 1.54) is 12.1 Å².